The highest BCUT2D eigenvalue weighted by atomic mass is 19.1. The van der Waals surface area contributed by atoms with E-state index in [1.165, 1.54) is 13.2 Å². The van der Waals surface area contributed by atoms with Crippen LogP contribution in [0, 0.1) is 30.0 Å². The van der Waals surface area contributed by atoms with Gasteiger partial charge in [-0.2, -0.15) is 5.26 Å². The number of halogens is 1. The molecule has 0 aliphatic carbocycles. The molecular formula is C35H41FN4O4. The zero-order chi connectivity index (χ0) is 31.5. The number of benzene rings is 3. The number of nitrogens with zero attached hydrogens (tertiary/aromatic N) is 2. The fraction of sp³-hybridized carbons (Fsp3) is 0.400. The van der Waals surface area contributed by atoms with E-state index in [1.54, 1.807) is 29.2 Å². The minimum atomic E-state index is -1.48. The van der Waals surface area contributed by atoms with Crippen LogP contribution in [0.4, 0.5) is 9.18 Å². The van der Waals surface area contributed by atoms with E-state index in [2.05, 4.69) is 21.4 Å². The largest absolute Gasteiger partial charge is 0.453 e. The molecule has 3 aromatic carbocycles. The number of aliphatic hydroxyl groups is 1. The van der Waals surface area contributed by atoms with Crippen LogP contribution in [0.1, 0.15) is 59.2 Å². The molecule has 0 aromatic heterocycles. The van der Waals surface area contributed by atoms with Gasteiger partial charge in [0.2, 0.25) is 0 Å². The zero-order valence-electron chi connectivity index (χ0n) is 25.4. The second-order valence-corrected chi connectivity index (χ2v) is 11.4. The van der Waals surface area contributed by atoms with Crippen molar-refractivity contribution in [1.29, 1.82) is 5.26 Å². The van der Waals surface area contributed by atoms with E-state index >= 15 is 4.39 Å². The van der Waals surface area contributed by atoms with E-state index in [9.17, 15) is 14.7 Å². The number of alkyl carbamates (subject to hydrolysis) is 1. The van der Waals surface area contributed by atoms with Crippen LogP contribution in [-0.2, 0) is 16.9 Å². The fourth-order valence-electron chi connectivity index (χ4n) is 6.03. The molecule has 0 radical (unpaired) electrons. The summed E-state index contributed by atoms with van der Waals surface area (Å²) in [6.07, 6.45) is 1.89. The number of likely N-dealkylation sites (tertiary alicyclic amines) is 1. The van der Waals surface area contributed by atoms with E-state index in [1.807, 2.05) is 43.3 Å². The molecule has 0 spiro atoms. The van der Waals surface area contributed by atoms with Crippen molar-refractivity contribution in [3.8, 4) is 17.2 Å². The van der Waals surface area contributed by atoms with Gasteiger partial charge in [0, 0.05) is 56.2 Å². The first kappa shape index (κ1) is 32.6. The van der Waals surface area contributed by atoms with Crippen molar-refractivity contribution < 1.29 is 23.8 Å². The molecule has 4 rings (SSSR count). The van der Waals surface area contributed by atoms with Crippen LogP contribution in [0.3, 0.4) is 0 Å². The summed E-state index contributed by atoms with van der Waals surface area (Å²) in [6.45, 7) is 4.29. The van der Waals surface area contributed by atoms with Gasteiger partial charge in [-0.3, -0.25) is 4.79 Å². The Morgan fingerprint density at radius 2 is 1.91 bits per heavy atom. The second-order valence-electron chi connectivity index (χ2n) is 11.4. The van der Waals surface area contributed by atoms with Gasteiger partial charge in [0.25, 0.3) is 5.91 Å². The smallest absolute Gasteiger partial charge is 0.406 e. The van der Waals surface area contributed by atoms with Crippen molar-refractivity contribution in [1.82, 2.24) is 15.5 Å². The van der Waals surface area contributed by atoms with E-state index in [-0.39, 0.29) is 24.8 Å². The Labute approximate surface area is 258 Å². The molecule has 1 fully saturated rings. The van der Waals surface area contributed by atoms with Gasteiger partial charge in [0.15, 0.2) is 0 Å². The Bertz CT molecular complexity index is 1470. The number of aryl methyl sites for hydroxylation is 1. The topological polar surface area (TPSA) is 115 Å². The summed E-state index contributed by atoms with van der Waals surface area (Å²) in [6, 6.07) is 21.9. The summed E-state index contributed by atoms with van der Waals surface area (Å²) in [4.78, 5) is 27.1. The third kappa shape index (κ3) is 8.01. The normalized spacial score (nSPS) is 16.1. The van der Waals surface area contributed by atoms with Gasteiger partial charge in [-0.15, -0.1) is 0 Å². The van der Waals surface area contributed by atoms with Gasteiger partial charge < -0.3 is 25.4 Å². The number of hydrogen-bond acceptors (Lipinski definition) is 6. The SMILES string of the molecule is COC(=O)NCCCC(O)(c1cccc(F)c1-c1cccc(C)c1)[C@@H]1CCCN(C(=O)c2ccc(CNCCC#N)cc2)C1. The zero-order valence-corrected chi connectivity index (χ0v) is 25.4. The number of amides is 2. The summed E-state index contributed by atoms with van der Waals surface area (Å²) in [5.41, 5.74) is 2.58. The van der Waals surface area contributed by atoms with Crippen LogP contribution >= 0.6 is 0 Å². The number of nitriles is 1. The van der Waals surface area contributed by atoms with Gasteiger partial charge in [0.05, 0.1) is 18.8 Å². The molecule has 0 bridgehead atoms. The minimum absolute atomic E-state index is 0.119. The molecule has 9 heteroatoms. The minimum Gasteiger partial charge on any atom is -0.453 e. The molecule has 1 aliphatic rings. The van der Waals surface area contributed by atoms with Gasteiger partial charge in [-0.1, -0.05) is 54.1 Å². The van der Waals surface area contributed by atoms with Crippen molar-refractivity contribution in [2.45, 2.75) is 51.2 Å². The number of carbonyl (C=O) groups excluding carboxylic acids is 2. The summed E-state index contributed by atoms with van der Waals surface area (Å²) in [7, 11) is 1.29. The number of hydrogen-bond donors (Lipinski definition) is 3. The van der Waals surface area contributed by atoms with Gasteiger partial charge >= 0.3 is 6.09 Å². The Balaban J connectivity index is 1.61. The van der Waals surface area contributed by atoms with Gasteiger partial charge in [-0.05, 0) is 67.5 Å². The number of methoxy groups -OCH3 is 1. The number of ether oxygens (including phenoxy) is 1. The molecule has 1 aliphatic heterocycles. The number of nitrogens with one attached hydrogen (secondary N) is 2. The lowest BCUT2D eigenvalue weighted by molar-refractivity contribution is -0.0564. The molecule has 1 unspecified atom stereocenters. The first-order valence-electron chi connectivity index (χ1n) is 15.1. The maximum absolute atomic E-state index is 15.6. The van der Waals surface area contributed by atoms with E-state index in [4.69, 9.17) is 5.26 Å². The summed E-state index contributed by atoms with van der Waals surface area (Å²) in [5, 5.41) is 27.2. The Morgan fingerprint density at radius 3 is 2.64 bits per heavy atom. The molecule has 44 heavy (non-hydrogen) atoms. The van der Waals surface area contributed by atoms with Crippen molar-refractivity contribution in [3.05, 3.63) is 94.8 Å². The molecule has 2 amide bonds. The molecule has 0 saturated carbocycles. The third-order valence-electron chi connectivity index (χ3n) is 8.30. The van der Waals surface area contributed by atoms with Crippen molar-refractivity contribution in [2.24, 2.45) is 5.92 Å². The molecule has 1 saturated heterocycles. The number of piperidine rings is 1. The van der Waals surface area contributed by atoms with Crippen molar-refractivity contribution >= 4 is 12.0 Å². The molecule has 8 nitrogen and oxygen atoms in total. The Kier molecular flexibility index (Phi) is 11.5. The molecule has 1 heterocycles. The highest BCUT2D eigenvalue weighted by Crippen LogP contribution is 2.44. The van der Waals surface area contributed by atoms with Crippen molar-refractivity contribution in [2.75, 3.05) is 33.3 Å². The highest BCUT2D eigenvalue weighted by molar-refractivity contribution is 5.94. The average molecular weight is 601 g/mol. The summed E-state index contributed by atoms with van der Waals surface area (Å²) in [5.74, 6) is -0.913. The molecular weight excluding hydrogens is 559 g/mol. The number of rotatable bonds is 12. The van der Waals surface area contributed by atoms with Gasteiger partial charge in [0.1, 0.15) is 5.82 Å². The summed E-state index contributed by atoms with van der Waals surface area (Å²) < 4.78 is 20.3. The average Bonchev–Trinajstić information content (AvgIpc) is 3.04. The van der Waals surface area contributed by atoms with Gasteiger partial charge in [-0.25, -0.2) is 9.18 Å². The van der Waals surface area contributed by atoms with E-state index in [0.29, 0.717) is 74.1 Å². The monoisotopic (exact) mass is 600 g/mol. The van der Waals surface area contributed by atoms with Crippen LogP contribution in [0.15, 0.2) is 66.7 Å². The van der Waals surface area contributed by atoms with E-state index in [0.717, 1.165) is 11.1 Å². The lowest BCUT2D eigenvalue weighted by Gasteiger charge is -2.43. The van der Waals surface area contributed by atoms with Crippen LogP contribution in [0.25, 0.3) is 11.1 Å². The Morgan fingerprint density at radius 1 is 1.14 bits per heavy atom. The molecule has 3 aromatic rings. The summed E-state index contributed by atoms with van der Waals surface area (Å²) >= 11 is 0. The molecule has 232 valence electrons. The number of carbonyl (C=O) groups is 2. The lowest BCUT2D eigenvalue weighted by atomic mass is 9.72. The quantitative estimate of drug-likeness (QED) is 0.231. The standard InChI is InChI=1S/C35H41FN4O4/c1-25-8-3-9-28(22-25)32-30(11-4-12-31(32)36)35(43,17-6-20-39-34(42)44-2)29-10-5-21-40(24-29)33(41)27-15-13-26(14-16-27)23-38-19-7-18-37/h3-4,8-9,11-16,22,29,38,43H,5-7,10,17,19-21,23-24H2,1-2H3,(H,39,42)/t29-,35?/m1/s1. The van der Waals surface area contributed by atoms with Crippen LogP contribution < -0.4 is 10.6 Å². The van der Waals surface area contributed by atoms with Crippen LogP contribution in [0.2, 0.25) is 0 Å². The maximum atomic E-state index is 15.6. The second kappa shape index (κ2) is 15.5. The Hall–Kier alpha value is -4.26. The predicted octanol–water partition coefficient (Wildman–Crippen LogP) is 5.68. The van der Waals surface area contributed by atoms with Crippen LogP contribution in [0.5, 0.6) is 0 Å². The third-order valence-corrected chi connectivity index (χ3v) is 8.30. The molecule has 2 atom stereocenters. The van der Waals surface area contributed by atoms with Crippen LogP contribution in [-0.4, -0.2) is 55.3 Å². The molecule has 3 N–H and O–H groups in total. The lowest BCUT2D eigenvalue weighted by Crippen LogP contribution is -2.48. The first-order valence-corrected chi connectivity index (χ1v) is 15.1. The first-order chi connectivity index (χ1) is 21.3. The fourth-order valence-corrected chi connectivity index (χ4v) is 6.03. The van der Waals surface area contributed by atoms with E-state index < -0.39 is 17.5 Å². The highest BCUT2D eigenvalue weighted by Gasteiger charge is 2.43. The van der Waals surface area contributed by atoms with Crippen molar-refractivity contribution in [3.63, 3.8) is 0 Å². The predicted molar refractivity (Wildman–Crippen MR) is 167 cm³/mol. The maximum Gasteiger partial charge on any atom is 0.406 e.